The van der Waals surface area contributed by atoms with Crippen LogP contribution in [0.4, 0.5) is 5.69 Å². The number of carboxylic acid groups (broad SMARTS) is 1. The van der Waals surface area contributed by atoms with Crippen LogP contribution in [-0.4, -0.2) is 24.0 Å². The van der Waals surface area contributed by atoms with Gasteiger partial charge in [0.25, 0.3) is 0 Å². The lowest BCUT2D eigenvalue weighted by Gasteiger charge is -2.19. The molecule has 18 heavy (non-hydrogen) atoms. The molecule has 0 radical (unpaired) electrons. The van der Waals surface area contributed by atoms with Crippen LogP contribution in [0.5, 0.6) is 0 Å². The van der Waals surface area contributed by atoms with E-state index in [1.807, 2.05) is 0 Å². The van der Waals surface area contributed by atoms with Crippen molar-refractivity contribution in [3.8, 4) is 0 Å². The molecule has 98 valence electrons. The number of para-hydroxylation sites is 1. The maximum Gasteiger partial charge on any atom is 0.337 e. The molecule has 1 aromatic carbocycles. The minimum atomic E-state index is -1.02. The first kappa shape index (κ1) is 14.2. The fourth-order valence-corrected chi connectivity index (χ4v) is 1.66. The molecule has 0 unspecified atom stereocenters. The van der Waals surface area contributed by atoms with Gasteiger partial charge in [-0.05, 0) is 24.5 Å². The number of amides is 1. The van der Waals surface area contributed by atoms with Gasteiger partial charge in [-0.15, -0.1) is 0 Å². The third kappa shape index (κ3) is 3.58. The van der Waals surface area contributed by atoms with E-state index in [9.17, 15) is 9.59 Å². The first-order valence-corrected chi connectivity index (χ1v) is 6.02. The van der Waals surface area contributed by atoms with E-state index in [0.717, 1.165) is 6.42 Å². The summed E-state index contributed by atoms with van der Waals surface area (Å²) >= 11 is 0. The summed E-state index contributed by atoms with van der Waals surface area (Å²) in [6, 6.07) is 6.54. The van der Waals surface area contributed by atoms with Gasteiger partial charge in [0.1, 0.15) is 0 Å². The van der Waals surface area contributed by atoms with Gasteiger partial charge in [-0.2, -0.15) is 0 Å². The minimum Gasteiger partial charge on any atom is -0.478 e. The summed E-state index contributed by atoms with van der Waals surface area (Å²) in [6.07, 6.45) is 1.24. The van der Waals surface area contributed by atoms with Crippen LogP contribution in [0.15, 0.2) is 24.3 Å². The van der Waals surface area contributed by atoms with Crippen LogP contribution < -0.4 is 4.90 Å². The highest BCUT2D eigenvalue weighted by molar-refractivity contribution is 6.01. The van der Waals surface area contributed by atoms with Gasteiger partial charge in [-0.1, -0.05) is 26.0 Å². The van der Waals surface area contributed by atoms with E-state index < -0.39 is 5.97 Å². The summed E-state index contributed by atoms with van der Waals surface area (Å²) in [6.45, 7) is 4.11. The van der Waals surface area contributed by atoms with Gasteiger partial charge in [-0.3, -0.25) is 4.79 Å². The number of carboxylic acids is 1. The fraction of sp³-hybridized carbons (Fsp3) is 0.429. The predicted octanol–water partition coefficient (Wildman–Crippen LogP) is 2.78. The SMILES string of the molecule is CC(C)CCC(=O)N(C)c1ccccc1C(=O)O. The van der Waals surface area contributed by atoms with Crippen LogP contribution in [-0.2, 0) is 4.79 Å². The summed E-state index contributed by atoms with van der Waals surface area (Å²) in [5, 5.41) is 9.08. The second-order valence-electron chi connectivity index (χ2n) is 4.71. The molecule has 0 aromatic heterocycles. The van der Waals surface area contributed by atoms with Crippen molar-refractivity contribution in [1.82, 2.24) is 0 Å². The number of hydrogen-bond donors (Lipinski definition) is 1. The van der Waals surface area contributed by atoms with Crippen LogP contribution >= 0.6 is 0 Å². The van der Waals surface area contributed by atoms with E-state index >= 15 is 0 Å². The number of carbonyl (C=O) groups is 2. The second kappa shape index (κ2) is 6.19. The van der Waals surface area contributed by atoms with Gasteiger partial charge in [0.2, 0.25) is 5.91 Å². The first-order chi connectivity index (χ1) is 8.43. The van der Waals surface area contributed by atoms with Gasteiger partial charge in [-0.25, -0.2) is 4.79 Å². The summed E-state index contributed by atoms with van der Waals surface area (Å²) in [7, 11) is 1.62. The van der Waals surface area contributed by atoms with Crippen LogP contribution in [0.3, 0.4) is 0 Å². The van der Waals surface area contributed by atoms with E-state index in [1.54, 1.807) is 25.2 Å². The molecule has 0 saturated carbocycles. The quantitative estimate of drug-likeness (QED) is 0.873. The Bertz CT molecular complexity index is 440. The number of nitrogens with zero attached hydrogens (tertiary/aromatic N) is 1. The van der Waals surface area contributed by atoms with Crippen molar-refractivity contribution < 1.29 is 14.7 Å². The average molecular weight is 249 g/mol. The normalized spacial score (nSPS) is 10.4. The molecule has 1 N–H and O–H groups in total. The zero-order valence-electron chi connectivity index (χ0n) is 11.0. The number of hydrogen-bond acceptors (Lipinski definition) is 2. The molecule has 0 bridgehead atoms. The van der Waals surface area contributed by atoms with Gasteiger partial charge in [0, 0.05) is 13.5 Å². The molecule has 1 rings (SSSR count). The van der Waals surface area contributed by atoms with Crippen molar-refractivity contribution in [2.45, 2.75) is 26.7 Å². The third-order valence-electron chi connectivity index (χ3n) is 2.81. The molecule has 1 aromatic rings. The Kier molecular flexibility index (Phi) is 4.89. The Morgan fingerprint density at radius 1 is 1.28 bits per heavy atom. The van der Waals surface area contributed by atoms with Crippen LogP contribution in [0.2, 0.25) is 0 Å². The number of rotatable bonds is 5. The maximum absolute atomic E-state index is 12.0. The zero-order chi connectivity index (χ0) is 13.7. The second-order valence-corrected chi connectivity index (χ2v) is 4.71. The van der Waals surface area contributed by atoms with Crippen LogP contribution in [0, 0.1) is 5.92 Å². The smallest absolute Gasteiger partial charge is 0.337 e. The molecule has 0 fully saturated rings. The summed E-state index contributed by atoms with van der Waals surface area (Å²) < 4.78 is 0. The Morgan fingerprint density at radius 3 is 2.44 bits per heavy atom. The van der Waals surface area contributed by atoms with Crippen molar-refractivity contribution in [2.75, 3.05) is 11.9 Å². The molecule has 0 saturated heterocycles. The molecule has 1 amide bonds. The topological polar surface area (TPSA) is 57.6 Å². The van der Waals surface area contributed by atoms with Crippen molar-refractivity contribution >= 4 is 17.6 Å². The minimum absolute atomic E-state index is 0.0580. The maximum atomic E-state index is 12.0. The van der Waals surface area contributed by atoms with Crippen molar-refractivity contribution in [2.24, 2.45) is 5.92 Å². The standard InChI is InChI=1S/C14H19NO3/c1-10(2)8-9-13(16)15(3)12-7-5-4-6-11(12)14(17)18/h4-7,10H,8-9H2,1-3H3,(H,17,18). The molecule has 0 aliphatic carbocycles. The highest BCUT2D eigenvalue weighted by Gasteiger charge is 2.17. The molecular weight excluding hydrogens is 230 g/mol. The number of benzene rings is 1. The van der Waals surface area contributed by atoms with Crippen molar-refractivity contribution in [3.05, 3.63) is 29.8 Å². The lowest BCUT2D eigenvalue weighted by Crippen LogP contribution is -2.27. The van der Waals surface area contributed by atoms with Gasteiger partial charge >= 0.3 is 5.97 Å². The highest BCUT2D eigenvalue weighted by atomic mass is 16.4. The third-order valence-corrected chi connectivity index (χ3v) is 2.81. The molecule has 4 nitrogen and oxygen atoms in total. The molecule has 0 aliphatic rings. The summed E-state index contributed by atoms with van der Waals surface area (Å²) in [5.74, 6) is -0.622. The number of anilines is 1. The highest BCUT2D eigenvalue weighted by Crippen LogP contribution is 2.20. The lowest BCUT2D eigenvalue weighted by atomic mass is 10.1. The van der Waals surface area contributed by atoms with Gasteiger partial charge < -0.3 is 10.0 Å². The van der Waals surface area contributed by atoms with Gasteiger partial charge in [0.15, 0.2) is 0 Å². The molecule has 0 atom stereocenters. The molecule has 4 heteroatoms. The monoisotopic (exact) mass is 249 g/mol. The van der Waals surface area contributed by atoms with E-state index in [-0.39, 0.29) is 11.5 Å². The van der Waals surface area contributed by atoms with Crippen molar-refractivity contribution in [3.63, 3.8) is 0 Å². The van der Waals surface area contributed by atoms with E-state index in [0.29, 0.717) is 18.0 Å². The Hall–Kier alpha value is -1.84. The van der Waals surface area contributed by atoms with Crippen LogP contribution in [0.25, 0.3) is 0 Å². The predicted molar refractivity (Wildman–Crippen MR) is 70.9 cm³/mol. The average Bonchev–Trinajstić information content (AvgIpc) is 2.34. The van der Waals surface area contributed by atoms with Gasteiger partial charge in [0.05, 0.1) is 11.3 Å². The molecular formula is C14H19NO3. The molecule has 0 heterocycles. The van der Waals surface area contributed by atoms with E-state index in [2.05, 4.69) is 13.8 Å². The first-order valence-electron chi connectivity index (χ1n) is 6.02. The largest absolute Gasteiger partial charge is 0.478 e. The van der Waals surface area contributed by atoms with Crippen LogP contribution in [0.1, 0.15) is 37.0 Å². The Labute approximate surface area is 107 Å². The number of carbonyl (C=O) groups excluding carboxylic acids is 1. The molecule has 0 spiro atoms. The summed E-state index contributed by atoms with van der Waals surface area (Å²) in [4.78, 5) is 24.5. The Balaban J connectivity index is 2.86. The van der Waals surface area contributed by atoms with E-state index in [1.165, 1.54) is 11.0 Å². The Morgan fingerprint density at radius 2 is 1.89 bits per heavy atom. The molecule has 0 aliphatic heterocycles. The zero-order valence-corrected chi connectivity index (χ0v) is 11.0. The van der Waals surface area contributed by atoms with Crippen molar-refractivity contribution in [1.29, 1.82) is 0 Å². The fourth-order valence-electron chi connectivity index (χ4n) is 1.66. The lowest BCUT2D eigenvalue weighted by molar-refractivity contribution is -0.118. The number of aromatic carboxylic acids is 1. The summed E-state index contributed by atoms with van der Waals surface area (Å²) in [5.41, 5.74) is 0.594. The van der Waals surface area contributed by atoms with E-state index in [4.69, 9.17) is 5.11 Å².